The van der Waals surface area contributed by atoms with Gasteiger partial charge >= 0.3 is 5.69 Å². The normalized spacial score (nSPS) is 11.9. The smallest absolute Gasteiger partial charge is 0.314 e. The molecule has 0 atom stereocenters. The van der Waals surface area contributed by atoms with Crippen molar-refractivity contribution in [1.29, 1.82) is 0 Å². The number of benzene rings is 1. The highest BCUT2D eigenvalue weighted by molar-refractivity contribution is 5.76. The molecular formula is C23H29N5O2. The van der Waals surface area contributed by atoms with Gasteiger partial charge in [0.1, 0.15) is 0 Å². The quantitative estimate of drug-likeness (QED) is 0.493. The van der Waals surface area contributed by atoms with Crippen LogP contribution in [0.4, 0.5) is 0 Å². The number of nitrogens with zero attached hydrogens (tertiary/aromatic N) is 5. The molecule has 7 heteroatoms. The van der Waals surface area contributed by atoms with Crippen LogP contribution < -0.4 is 11.2 Å². The van der Waals surface area contributed by atoms with Gasteiger partial charge in [-0.2, -0.15) is 4.98 Å². The van der Waals surface area contributed by atoms with Gasteiger partial charge in [0.25, 0.3) is 5.56 Å². The molecule has 0 N–H and O–H groups in total. The maximum atomic E-state index is 13.3. The van der Waals surface area contributed by atoms with Gasteiger partial charge in [-0.05, 0) is 38.2 Å². The molecule has 0 saturated carbocycles. The lowest BCUT2D eigenvalue weighted by atomic mass is 10.1. The fourth-order valence-electron chi connectivity index (χ4n) is 4.05. The van der Waals surface area contributed by atoms with Gasteiger partial charge in [-0.1, -0.05) is 44.2 Å². The van der Waals surface area contributed by atoms with Gasteiger partial charge in [-0.25, -0.2) is 4.79 Å². The van der Waals surface area contributed by atoms with Crippen LogP contribution in [-0.2, 0) is 26.6 Å². The fourth-order valence-corrected chi connectivity index (χ4v) is 4.05. The number of fused-ring (bicyclic) bond motifs is 3. The standard InChI is InChI=1S/C23H29N5O2/c1-15(2)11-13-27-21(29)19-20(25(5)23(27)30)24-22-26(16(3)17(4)28(19)22)14-12-18-9-7-6-8-10-18/h6-10,15H,11-14H2,1-5H3. The molecule has 3 heterocycles. The minimum atomic E-state index is -0.306. The van der Waals surface area contributed by atoms with Crippen molar-refractivity contribution in [3.8, 4) is 0 Å². The molecule has 0 fully saturated rings. The summed E-state index contributed by atoms with van der Waals surface area (Å²) in [7, 11) is 1.69. The van der Waals surface area contributed by atoms with Crippen molar-refractivity contribution in [2.24, 2.45) is 13.0 Å². The molecule has 1 aromatic carbocycles. The van der Waals surface area contributed by atoms with E-state index in [0.29, 0.717) is 29.4 Å². The molecule has 0 bridgehead atoms. The summed E-state index contributed by atoms with van der Waals surface area (Å²) in [4.78, 5) is 30.9. The maximum absolute atomic E-state index is 13.3. The number of aryl methyl sites for hydroxylation is 4. The number of imidazole rings is 2. The molecule has 0 aliphatic carbocycles. The largest absolute Gasteiger partial charge is 0.332 e. The molecule has 4 aromatic rings. The molecule has 30 heavy (non-hydrogen) atoms. The average Bonchev–Trinajstić information content (AvgIpc) is 3.22. The highest BCUT2D eigenvalue weighted by Crippen LogP contribution is 2.21. The highest BCUT2D eigenvalue weighted by atomic mass is 16.2. The van der Waals surface area contributed by atoms with E-state index >= 15 is 0 Å². The summed E-state index contributed by atoms with van der Waals surface area (Å²) in [6.45, 7) is 9.41. The molecular weight excluding hydrogens is 378 g/mol. The Morgan fingerprint density at radius 3 is 2.33 bits per heavy atom. The van der Waals surface area contributed by atoms with E-state index in [1.54, 1.807) is 7.05 Å². The Bertz CT molecular complexity index is 1340. The van der Waals surface area contributed by atoms with Crippen molar-refractivity contribution < 1.29 is 0 Å². The van der Waals surface area contributed by atoms with E-state index in [4.69, 9.17) is 4.98 Å². The van der Waals surface area contributed by atoms with Gasteiger partial charge in [-0.15, -0.1) is 0 Å². The Morgan fingerprint density at radius 2 is 1.67 bits per heavy atom. The number of aromatic nitrogens is 5. The zero-order valence-corrected chi connectivity index (χ0v) is 18.3. The molecule has 3 aromatic heterocycles. The van der Waals surface area contributed by atoms with Crippen molar-refractivity contribution in [3.05, 3.63) is 68.1 Å². The fraction of sp³-hybridized carbons (Fsp3) is 0.435. The predicted molar refractivity (Wildman–Crippen MR) is 119 cm³/mol. The Morgan fingerprint density at radius 1 is 0.967 bits per heavy atom. The van der Waals surface area contributed by atoms with Crippen molar-refractivity contribution in [1.82, 2.24) is 23.1 Å². The lowest BCUT2D eigenvalue weighted by molar-refractivity contribution is 0.488. The van der Waals surface area contributed by atoms with Gasteiger partial charge in [0.15, 0.2) is 11.2 Å². The first-order chi connectivity index (χ1) is 14.3. The first-order valence-corrected chi connectivity index (χ1v) is 10.5. The zero-order valence-electron chi connectivity index (χ0n) is 18.3. The first-order valence-electron chi connectivity index (χ1n) is 10.5. The van der Waals surface area contributed by atoms with E-state index in [-0.39, 0.29) is 11.2 Å². The van der Waals surface area contributed by atoms with E-state index < -0.39 is 0 Å². The maximum Gasteiger partial charge on any atom is 0.332 e. The molecule has 7 nitrogen and oxygen atoms in total. The van der Waals surface area contributed by atoms with E-state index in [1.165, 1.54) is 14.7 Å². The van der Waals surface area contributed by atoms with Crippen molar-refractivity contribution in [3.63, 3.8) is 0 Å². The second-order valence-corrected chi connectivity index (χ2v) is 8.46. The van der Waals surface area contributed by atoms with Gasteiger partial charge in [-0.3, -0.25) is 18.3 Å². The van der Waals surface area contributed by atoms with Crippen LogP contribution in [0, 0.1) is 19.8 Å². The number of rotatable bonds is 6. The minimum absolute atomic E-state index is 0.260. The lowest BCUT2D eigenvalue weighted by Crippen LogP contribution is -2.39. The molecule has 158 valence electrons. The van der Waals surface area contributed by atoms with Crippen molar-refractivity contribution in [2.45, 2.75) is 53.6 Å². The van der Waals surface area contributed by atoms with Gasteiger partial charge in [0.05, 0.1) is 0 Å². The first kappa shape index (κ1) is 20.2. The minimum Gasteiger partial charge on any atom is -0.314 e. The van der Waals surface area contributed by atoms with Crippen LogP contribution in [0.25, 0.3) is 16.9 Å². The summed E-state index contributed by atoms with van der Waals surface area (Å²) in [5.74, 6) is 1.12. The van der Waals surface area contributed by atoms with Crippen molar-refractivity contribution in [2.75, 3.05) is 0 Å². The topological polar surface area (TPSA) is 66.2 Å². The van der Waals surface area contributed by atoms with Gasteiger partial charge in [0.2, 0.25) is 5.78 Å². The van der Waals surface area contributed by atoms with Crippen molar-refractivity contribution >= 4 is 16.9 Å². The third kappa shape index (κ3) is 3.18. The molecule has 0 aliphatic rings. The van der Waals surface area contributed by atoms with Crippen LogP contribution in [0.5, 0.6) is 0 Å². The SMILES string of the molecule is Cc1c(C)n2c3c(=O)n(CCC(C)C)c(=O)n(C)c3nc2n1CCc1ccccc1. The second kappa shape index (κ2) is 7.63. The van der Waals surface area contributed by atoms with E-state index in [0.717, 1.165) is 30.8 Å². The highest BCUT2D eigenvalue weighted by Gasteiger charge is 2.22. The Hall–Kier alpha value is -3.09. The summed E-state index contributed by atoms with van der Waals surface area (Å²) in [6.07, 6.45) is 1.64. The Balaban J connectivity index is 1.90. The monoisotopic (exact) mass is 407 g/mol. The summed E-state index contributed by atoms with van der Waals surface area (Å²) in [6, 6.07) is 10.3. The van der Waals surface area contributed by atoms with Crippen LogP contribution in [0.1, 0.15) is 37.2 Å². The van der Waals surface area contributed by atoms with Crippen LogP contribution in [0.3, 0.4) is 0 Å². The van der Waals surface area contributed by atoms with Gasteiger partial charge in [0, 0.05) is 31.5 Å². The van der Waals surface area contributed by atoms with Crippen LogP contribution in [0.15, 0.2) is 39.9 Å². The van der Waals surface area contributed by atoms with Crippen LogP contribution in [-0.4, -0.2) is 23.1 Å². The molecule has 0 amide bonds. The van der Waals surface area contributed by atoms with Crippen LogP contribution in [0.2, 0.25) is 0 Å². The van der Waals surface area contributed by atoms with E-state index in [2.05, 4.69) is 37.5 Å². The second-order valence-electron chi connectivity index (χ2n) is 8.46. The lowest BCUT2D eigenvalue weighted by Gasteiger charge is -2.10. The Labute approximate surface area is 175 Å². The van der Waals surface area contributed by atoms with E-state index in [9.17, 15) is 9.59 Å². The molecule has 0 radical (unpaired) electrons. The predicted octanol–water partition coefficient (Wildman–Crippen LogP) is 3.06. The van der Waals surface area contributed by atoms with Gasteiger partial charge < -0.3 is 4.57 Å². The number of hydrogen-bond acceptors (Lipinski definition) is 3. The average molecular weight is 408 g/mol. The molecule has 0 aliphatic heterocycles. The van der Waals surface area contributed by atoms with Crippen LogP contribution >= 0.6 is 0 Å². The third-order valence-electron chi connectivity index (χ3n) is 6.03. The molecule has 4 rings (SSSR count). The van der Waals surface area contributed by atoms with E-state index in [1.807, 2.05) is 29.5 Å². The molecule has 0 saturated heterocycles. The summed E-state index contributed by atoms with van der Waals surface area (Å²) in [5.41, 5.74) is 3.67. The molecule has 0 spiro atoms. The summed E-state index contributed by atoms with van der Waals surface area (Å²) in [5, 5.41) is 0. The summed E-state index contributed by atoms with van der Waals surface area (Å²) >= 11 is 0. The summed E-state index contributed by atoms with van der Waals surface area (Å²) < 4.78 is 6.92. The zero-order chi connectivity index (χ0) is 21.6. The Kier molecular flexibility index (Phi) is 5.13. The number of hydrogen-bond donors (Lipinski definition) is 0. The third-order valence-corrected chi connectivity index (χ3v) is 6.03. The molecule has 0 unspecified atom stereocenters.